The van der Waals surface area contributed by atoms with Crippen molar-refractivity contribution < 1.29 is 27.6 Å². The highest BCUT2D eigenvalue weighted by Gasteiger charge is 2.55. The van der Waals surface area contributed by atoms with Crippen molar-refractivity contribution in [3.63, 3.8) is 0 Å². The van der Waals surface area contributed by atoms with Gasteiger partial charge < -0.3 is 9.84 Å². The molecular weight excluding hydrogens is 1120 g/mol. The minimum absolute atomic E-state index is 0.00919. The number of fused-ring (bicyclic) bond motifs is 1. The minimum atomic E-state index is -4.69. The van der Waals surface area contributed by atoms with Crippen molar-refractivity contribution in [1.82, 2.24) is 0 Å². The van der Waals surface area contributed by atoms with Crippen LogP contribution in [0.2, 0.25) is 0 Å². The van der Waals surface area contributed by atoms with E-state index in [1.165, 1.54) is 9.64 Å². The van der Waals surface area contributed by atoms with Crippen molar-refractivity contribution in [2.24, 2.45) is 0 Å². The van der Waals surface area contributed by atoms with Gasteiger partial charge >= 0.3 is 19.9 Å². The van der Waals surface area contributed by atoms with Gasteiger partial charge in [0.15, 0.2) is 0 Å². The molecule has 15 heteroatoms. The summed E-state index contributed by atoms with van der Waals surface area (Å²) in [4.78, 5) is 11.7. The van der Waals surface area contributed by atoms with Gasteiger partial charge in [-0.05, 0) is 166 Å². The van der Waals surface area contributed by atoms with Crippen LogP contribution >= 0.6 is 154 Å². The van der Waals surface area contributed by atoms with E-state index in [1.54, 1.807) is 6.07 Å². The highest BCUT2D eigenvalue weighted by atomic mass is 127. The highest BCUT2D eigenvalue weighted by Crippen LogP contribution is 2.51. The molecule has 3 rings (SSSR count). The molecule has 2 aromatic carbocycles. The Hall–Kier alpha value is 2.46. The van der Waals surface area contributed by atoms with Crippen LogP contribution in [-0.4, -0.2) is 24.0 Å². The number of aromatic hydroxyl groups is 1. The van der Waals surface area contributed by atoms with Gasteiger partial charge in [-0.25, -0.2) is 4.79 Å². The summed E-state index contributed by atoms with van der Waals surface area (Å²) in [5.74, 6) is -0.479. The monoisotopic (exact) mass is 1120 g/mol. The van der Waals surface area contributed by atoms with E-state index in [-0.39, 0.29) is 15.6 Å². The first-order valence-corrected chi connectivity index (χ1v) is 15.6. The number of esters is 1. The van der Waals surface area contributed by atoms with E-state index in [2.05, 4.69) is 154 Å². The molecule has 0 bridgehead atoms. The van der Waals surface area contributed by atoms with Crippen molar-refractivity contribution in [3.8, 4) is 5.75 Å². The van der Waals surface area contributed by atoms with Crippen LogP contribution in [-0.2, 0) is 18.7 Å². The molecule has 0 saturated carbocycles. The maximum absolute atomic E-state index is 11.7. The number of phenolic OH excluding ortho intramolecular Hbond substituents is 1. The first-order valence-electron chi connectivity index (χ1n) is 6.72. The van der Waals surface area contributed by atoms with E-state index >= 15 is 0 Å². The van der Waals surface area contributed by atoms with E-state index in [1.807, 2.05) is 0 Å². The number of hydrogen-bond acceptors (Lipinski definition) is 5. The first kappa shape index (κ1) is 27.7. The number of ether oxygens (including phenoxy) is 1. The maximum Gasteiger partial charge on any atom is 0.341 e. The Morgan fingerprint density at radius 1 is 0.966 bits per heavy atom. The van der Waals surface area contributed by atoms with E-state index in [9.17, 15) is 22.9 Å². The topological polar surface area (TPSA) is 101 Å². The molecule has 2 aromatic rings. The Balaban J connectivity index is 0.000000234. The van der Waals surface area contributed by atoms with Crippen LogP contribution in [0.3, 0.4) is 0 Å². The summed E-state index contributed by atoms with van der Waals surface area (Å²) in [6.07, 6.45) is 0. The van der Waals surface area contributed by atoms with Gasteiger partial charge in [-0.15, -0.1) is 0 Å². The lowest BCUT2D eigenvalue weighted by molar-refractivity contribution is 0.0452. The van der Waals surface area contributed by atoms with Crippen molar-refractivity contribution >= 4 is 170 Å². The fourth-order valence-electron chi connectivity index (χ4n) is 2.02. The predicted molar refractivity (Wildman–Crippen MR) is 156 cm³/mol. The van der Waals surface area contributed by atoms with E-state index in [4.69, 9.17) is 4.74 Å². The second-order valence-corrected chi connectivity index (χ2v) is 15.1. The fraction of sp³-hybridized carbons (Fsp3) is 0.0714. The molecule has 29 heavy (non-hydrogen) atoms. The molecule has 0 radical (unpaired) electrons. The van der Waals surface area contributed by atoms with Gasteiger partial charge in [0.2, 0.25) is 0 Å². The van der Waals surface area contributed by atoms with Crippen molar-refractivity contribution in [2.45, 2.75) is 3.84 Å². The lowest BCUT2D eigenvalue weighted by Gasteiger charge is -2.19. The molecule has 158 valence electrons. The third kappa shape index (κ3) is 5.59. The average molecular weight is 1130 g/mol. The number of carbonyl (C=O) groups is 1. The van der Waals surface area contributed by atoms with Gasteiger partial charge in [0.25, 0.3) is 0 Å². The second kappa shape index (κ2) is 10.4. The molecule has 0 aromatic heterocycles. The number of rotatable bonds is 1. The second-order valence-electron chi connectivity index (χ2n) is 5.13. The molecule has 2 N–H and O–H groups in total. The van der Waals surface area contributed by atoms with Crippen LogP contribution in [0, 0.1) is 14.3 Å². The summed E-state index contributed by atoms with van der Waals surface area (Å²) < 4.78 is 40.2. The number of carbonyl (C=O) groups excluding carboxylic acids is 1. The van der Waals surface area contributed by atoms with Gasteiger partial charge in [-0.3, -0.25) is 4.55 Å². The maximum atomic E-state index is 11.7. The first-order chi connectivity index (χ1) is 13.1. The summed E-state index contributed by atoms with van der Waals surface area (Å²) in [5.41, 5.74) is 0.0246. The number of phenols is 1. The standard InChI is InChI=1S/C8H2Br4O5S.C6H2I4O/c9-3-1-2-4(6(11)5(3)10)8(12,17-7(2)13)18(14,15)16;7-2-1-3(11)5(9)6(10)4(2)8/h1H,(H,14,15,16);1,11H. The van der Waals surface area contributed by atoms with Crippen LogP contribution < -0.4 is 0 Å². The van der Waals surface area contributed by atoms with E-state index in [0.717, 1.165) is 10.7 Å². The molecule has 1 aliphatic heterocycles. The van der Waals surface area contributed by atoms with Crippen LogP contribution in [0.5, 0.6) is 5.75 Å². The fourth-order valence-corrected chi connectivity index (χ4v) is 8.35. The summed E-state index contributed by atoms with van der Waals surface area (Å²) in [5, 5.41) is 9.38. The van der Waals surface area contributed by atoms with E-state index in [0.29, 0.717) is 14.7 Å². The van der Waals surface area contributed by atoms with Crippen LogP contribution in [0.1, 0.15) is 15.9 Å². The smallest absolute Gasteiger partial charge is 0.341 e. The van der Waals surface area contributed by atoms with Crippen molar-refractivity contribution in [1.29, 1.82) is 0 Å². The molecule has 1 aliphatic rings. The Bertz CT molecular complexity index is 1120. The number of cyclic esters (lactones) is 1. The minimum Gasteiger partial charge on any atom is -0.507 e. The van der Waals surface area contributed by atoms with Gasteiger partial charge in [0, 0.05) is 24.1 Å². The third-order valence-corrected chi connectivity index (χ3v) is 16.6. The Morgan fingerprint density at radius 2 is 1.52 bits per heavy atom. The molecule has 0 fully saturated rings. The molecule has 1 atom stereocenters. The molecular formula is C14H4Br4I4O6S. The molecule has 0 spiro atoms. The molecule has 0 saturated heterocycles. The van der Waals surface area contributed by atoms with Crippen LogP contribution in [0.4, 0.5) is 0 Å². The Morgan fingerprint density at radius 3 is 2.03 bits per heavy atom. The van der Waals surface area contributed by atoms with Gasteiger partial charge in [-0.2, -0.15) is 8.42 Å². The quantitative estimate of drug-likeness (QED) is 0.0775. The van der Waals surface area contributed by atoms with E-state index < -0.39 is 19.9 Å². The summed E-state index contributed by atoms with van der Waals surface area (Å²) >= 11 is 21.2. The summed E-state index contributed by atoms with van der Waals surface area (Å²) in [6.45, 7) is 0. The number of hydrogen-bond donors (Lipinski definition) is 2. The number of alkyl halides is 1. The van der Waals surface area contributed by atoms with Crippen molar-refractivity contribution in [2.75, 3.05) is 0 Å². The predicted octanol–water partition coefficient (Wildman–Crippen LogP) is 7.35. The number of halogens is 8. The summed E-state index contributed by atoms with van der Waals surface area (Å²) in [7, 11) is -4.69. The summed E-state index contributed by atoms with van der Waals surface area (Å²) in [6, 6.07) is 3.19. The largest absolute Gasteiger partial charge is 0.507 e. The molecule has 6 nitrogen and oxygen atoms in total. The number of benzene rings is 2. The average Bonchev–Trinajstić information content (AvgIpc) is 2.88. The molecule has 0 amide bonds. The van der Waals surface area contributed by atoms with Crippen LogP contribution in [0.15, 0.2) is 25.6 Å². The van der Waals surface area contributed by atoms with Gasteiger partial charge in [0.05, 0.1) is 14.7 Å². The molecule has 1 unspecified atom stereocenters. The highest BCUT2D eigenvalue weighted by molar-refractivity contribution is 14.1. The Labute approximate surface area is 253 Å². The zero-order valence-electron chi connectivity index (χ0n) is 13.1. The zero-order valence-corrected chi connectivity index (χ0v) is 28.9. The lowest BCUT2D eigenvalue weighted by atomic mass is 10.1. The van der Waals surface area contributed by atoms with Crippen LogP contribution in [0.25, 0.3) is 0 Å². The molecule has 0 aliphatic carbocycles. The third-order valence-electron chi connectivity index (χ3n) is 3.32. The van der Waals surface area contributed by atoms with Gasteiger partial charge in [0.1, 0.15) is 5.75 Å². The SMILES string of the molecule is O=C1OC(Br)(S(=O)(=O)O)c2c1cc(Br)c(Br)c2Br.Oc1cc(I)c(I)c(I)c1I. The normalized spacial score (nSPS) is 18.0. The van der Waals surface area contributed by atoms with Gasteiger partial charge in [-0.1, -0.05) is 0 Å². The Kier molecular flexibility index (Phi) is 9.92. The lowest BCUT2D eigenvalue weighted by Crippen LogP contribution is -2.29. The zero-order chi connectivity index (χ0) is 22.5. The molecule has 1 heterocycles. The van der Waals surface area contributed by atoms with Crippen molar-refractivity contribution in [3.05, 3.63) is 51.0 Å².